The Morgan fingerprint density at radius 3 is 1.30 bits per heavy atom. The van der Waals surface area contributed by atoms with E-state index in [0.29, 0.717) is 0 Å². The molecule has 0 N–H and O–H groups in total. The monoisotopic (exact) mass is 458 g/mol. The Morgan fingerprint density at radius 2 is 0.970 bits per heavy atom. The highest BCUT2D eigenvalue weighted by Gasteiger charge is 2.29. The van der Waals surface area contributed by atoms with Crippen molar-refractivity contribution in [3.63, 3.8) is 0 Å². The maximum absolute atomic E-state index is 5.31. The molecule has 0 aliphatic rings. The van der Waals surface area contributed by atoms with Gasteiger partial charge in [-0.25, -0.2) is 4.74 Å². The van der Waals surface area contributed by atoms with Crippen molar-refractivity contribution in [3.8, 4) is 0 Å². The van der Waals surface area contributed by atoms with Gasteiger partial charge in [0.1, 0.15) is 8.52 Å². The van der Waals surface area contributed by atoms with Gasteiger partial charge in [0.15, 0.2) is 0 Å². The molecule has 0 amide bonds. The fraction of sp³-hybridized carbons (Fsp3) is 0.400. The second-order valence-corrected chi connectivity index (χ2v) is 12.6. The summed E-state index contributed by atoms with van der Waals surface area (Å²) in [4.78, 5) is 0. The van der Waals surface area contributed by atoms with Crippen LogP contribution in [0.5, 0.6) is 0 Å². The predicted octanol–water partition coefficient (Wildman–Crippen LogP) is 10.1. The van der Waals surface area contributed by atoms with Crippen LogP contribution in [0.3, 0.4) is 0 Å². The number of anilines is 2. The van der Waals surface area contributed by atoms with Crippen molar-refractivity contribution in [3.05, 3.63) is 89.5 Å². The molecule has 0 atom stereocenters. The van der Waals surface area contributed by atoms with Gasteiger partial charge in [-0.15, -0.1) is 0 Å². The van der Waals surface area contributed by atoms with Gasteiger partial charge < -0.3 is 0 Å². The molecule has 0 spiro atoms. The SMILES string of the molecule is CC(C)(C)c1cc(C(C)(C)C)c(N=PN(c2ccccc2)c2ccccc2)c(C(C)(C)C)c1. The lowest BCUT2D eigenvalue weighted by molar-refractivity contribution is 0.550. The molecule has 3 aromatic carbocycles. The highest BCUT2D eigenvalue weighted by molar-refractivity contribution is 7.30. The Balaban J connectivity index is 2.25. The van der Waals surface area contributed by atoms with Crippen LogP contribution in [0.2, 0.25) is 0 Å². The van der Waals surface area contributed by atoms with E-state index in [-0.39, 0.29) is 16.2 Å². The first-order valence-corrected chi connectivity index (χ1v) is 12.6. The molecular formula is C30H39N2P. The van der Waals surface area contributed by atoms with Crippen LogP contribution in [-0.4, -0.2) is 0 Å². The molecular weight excluding hydrogens is 419 g/mol. The zero-order valence-electron chi connectivity index (χ0n) is 21.8. The highest BCUT2D eigenvalue weighted by atomic mass is 31.1. The average molecular weight is 459 g/mol. The predicted molar refractivity (Wildman–Crippen MR) is 147 cm³/mol. The molecule has 0 aromatic heterocycles. The molecule has 0 aliphatic carbocycles. The molecule has 0 fully saturated rings. The van der Waals surface area contributed by atoms with Gasteiger partial charge in [0.25, 0.3) is 0 Å². The highest BCUT2D eigenvalue weighted by Crippen LogP contribution is 2.45. The molecule has 174 valence electrons. The lowest BCUT2D eigenvalue weighted by atomic mass is 9.74. The van der Waals surface area contributed by atoms with Crippen LogP contribution in [0.1, 0.15) is 79.0 Å². The fourth-order valence-corrected chi connectivity index (χ4v) is 4.67. The van der Waals surface area contributed by atoms with E-state index in [1.165, 1.54) is 16.7 Å². The molecule has 3 aromatic rings. The van der Waals surface area contributed by atoms with E-state index >= 15 is 0 Å². The number of hydrogen-bond donors (Lipinski definition) is 0. The standard InChI is InChI=1S/C30H39N2P/c1-28(2,3)22-20-25(29(4,5)6)27(26(21-22)30(7,8)9)31-33-32(23-16-12-10-13-17-23)24-18-14-11-15-19-24/h10-21H,1-9H3. The summed E-state index contributed by atoms with van der Waals surface area (Å²) in [5.74, 6) is 0. The summed E-state index contributed by atoms with van der Waals surface area (Å²) in [5, 5.41) is 0. The van der Waals surface area contributed by atoms with E-state index < -0.39 is 0 Å². The molecule has 3 rings (SSSR count). The maximum atomic E-state index is 5.31. The first kappa shape index (κ1) is 25.2. The van der Waals surface area contributed by atoms with Crippen LogP contribution in [0.4, 0.5) is 17.1 Å². The molecule has 3 heteroatoms. The maximum Gasteiger partial charge on any atom is 0.138 e. The average Bonchev–Trinajstić information content (AvgIpc) is 2.73. The summed E-state index contributed by atoms with van der Waals surface area (Å²) in [6, 6.07) is 25.8. The van der Waals surface area contributed by atoms with Gasteiger partial charge in [-0.1, -0.05) is 111 Å². The van der Waals surface area contributed by atoms with Gasteiger partial charge in [0.2, 0.25) is 0 Å². The van der Waals surface area contributed by atoms with E-state index in [2.05, 4.69) is 140 Å². The summed E-state index contributed by atoms with van der Waals surface area (Å²) in [6.45, 7) is 20.7. The van der Waals surface area contributed by atoms with Crippen molar-refractivity contribution in [1.29, 1.82) is 0 Å². The van der Waals surface area contributed by atoms with Crippen molar-refractivity contribution in [1.82, 2.24) is 0 Å². The first-order chi connectivity index (χ1) is 15.3. The molecule has 2 nitrogen and oxygen atoms in total. The second kappa shape index (κ2) is 9.43. The Labute approximate surface area is 203 Å². The van der Waals surface area contributed by atoms with Crippen molar-refractivity contribution in [2.75, 3.05) is 4.67 Å². The number of rotatable bonds is 4. The quantitative estimate of drug-likeness (QED) is 0.355. The van der Waals surface area contributed by atoms with Gasteiger partial charge in [-0.2, -0.15) is 0 Å². The van der Waals surface area contributed by atoms with Gasteiger partial charge in [-0.3, -0.25) is 4.67 Å². The Morgan fingerprint density at radius 1 is 0.576 bits per heavy atom. The summed E-state index contributed by atoms with van der Waals surface area (Å²) in [6.07, 6.45) is 0. The van der Waals surface area contributed by atoms with Crippen molar-refractivity contribution >= 4 is 25.6 Å². The zero-order chi connectivity index (χ0) is 24.4. The van der Waals surface area contributed by atoms with Crippen molar-refractivity contribution < 1.29 is 0 Å². The Kier molecular flexibility index (Phi) is 7.20. The van der Waals surface area contributed by atoms with Crippen LogP contribution >= 0.6 is 8.52 Å². The lowest BCUT2D eigenvalue weighted by Gasteiger charge is -2.32. The minimum absolute atomic E-state index is 0.0140. The van der Waals surface area contributed by atoms with Gasteiger partial charge in [0, 0.05) is 0 Å². The molecule has 0 unspecified atom stereocenters. The van der Waals surface area contributed by atoms with E-state index in [1.807, 2.05) is 0 Å². The third-order valence-corrected chi connectivity index (χ3v) is 6.76. The number of para-hydroxylation sites is 2. The number of nitrogens with zero attached hydrogens (tertiary/aromatic N) is 2. The first-order valence-electron chi connectivity index (χ1n) is 11.8. The normalized spacial score (nSPS) is 12.9. The van der Waals surface area contributed by atoms with Crippen molar-refractivity contribution in [2.45, 2.75) is 78.6 Å². The molecule has 0 heterocycles. The van der Waals surface area contributed by atoms with Crippen LogP contribution in [0.25, 0.3) is 0 Å². The van der Waals surface area contributed by atoms with Gasteiger partial charge in [-0.05, 0) is 57.2 Å². The van der Waals surface area contributed by atoms with Crippen LogP contribution in [-0.2, 0) is 16.2 Å². The summed E-state index contributed by atoms with van der Waals surface area (Å²) in [5.41, 5.74) is 7.44. The van der Waals surface area contributed by atoms with E-state index in [1.54, 1.807) is 0 Å². The molecule has 0 bridgehead atoms. The lowest BCUT2D eigenvalue weighted by Crippen LogP contribution is -2.21. The molecule has 0 saturated carbocycles. The zero-order valence-corrected chi connectivity index (χ0v) is 22.7. The number of benzene rings is 3. The Hall–Kier alpha value is -2.44. The van der Waals surface area contributed by atoms with E-state index in [0.717, 1.165) is 25.6 Å². The third kappa shape index (κ3) is 6.12. The molecule has 0 aliphatic heterocycles. The van der Waals surface area contributed by atoms with E-state index in [9.17, 15) is 0 Å². The Bertz CT molecular complexity index is 1020. The van der Waals surface area contributed by atoms with Crippen LogP contribution < -0.4 is 4.67 Å². The number of hydrogen-bond acceptors (Lipinski definition) is 1. The second-order valence-electron chi connectivity index (χ2n) is 11.8. The van der Waals surface area contributed by atoms with Crippen LogP contribution in [0, 0.1) is 0 Å². The smallest absolute Gasteiger partial charge is 0.138 e. The van der Waals surface area contributed by atoms with Crippen molar-refractivity contribution in [2.24, 2.45) is 4.74 Å². The summed E-state index contributed by atoms with van der Waals surface area (Å²) >= 11 is 0. The van der Waals surface area contributed by atoms with E-state index in [4.69, 9.17) is 4.74 Å². The van der Waals surface area contributed by atoms with Crippen LogP contribution in [0.15, 0.2) is 77.5 Å². The molecule has 0 saturated heterocycles. The summed E-state index contributed by atoms with van der Waals surface area (Å²) < 4.78 is 7.57. The third-order valence-electron chi connectivity index (χ3n) is 5.83. The molecule has 0 radical (unpaired) electrons. The largest absolute Gasteiger partial charge is 0.277 e. The minimum Gasteiger partial charge on any atom is -0.277 e. The topological polar surface area (TPSA) is 15.6 Å². The molecule has 33 heavy (non-hydrogen) atoms. The van der Waals surface area contributed by atoms with Gasteiger partial charge in [0.05, 0.1) is 17.1 Å². The summed E-state index contributed by atoms with van der Waals surface area (Å²) in [7, 11) is 0.881. The van der Waals surface area contributed by atoms with Gasteiger partial charge >= 0.3 is 0 Å². The minimum atomic E-state index is -0.0140. The fourth-order valence-electron chi connectivity index (χ4n) is 3.80.